The summed E-state index contributed by atoms with van der Waals surface area (Å²) in [5, 5.41) is 14.0. The number of ether oxygens (including phenoxy) is 1. The maximum Gasteiger partial charge on any atom is 0.308 e. The smallest absolute Gasteiger partial charge is 0.308 e. The van der Waals surface area contributed by atoms with Gasteiger partial charge >= 0.3 is 5.97 Å². The number of nitrogens with one attached hydrogen (secondary N) is 2. The van der Waals surface area contributed by atoms with Crippen LogP contribution in [0, 0.1) is 11.3 Å². The Morgan fingerprint density at radius 3 is 2.52 bits per heavy atom. The number of hydrogen-bond acceptors (Lipinski definition) is 5. The average Bonchev–Trinajstić information content (AvgIpc) is 2.67. The van der Waals surface area contributed by atoms with E-state index in [-0.39, 0.29) is 25.3 Å². The molecule has 0 saturated heterocycles. The van der Waals surface area contributed by atoms with Crippen LogP contribution in [-0.2, 0) is 25.5 Å². The van der Waals surface area contributed by atoms with Gasteiger partial charge < -0.3 is 15.4 Å². The Morgan fingerprint density at radius 2 is 1.78 bits per heavy atom. The summed E-state index contributed by atoms with van der Waals surface area (Å²) in [6, 6.07) is 17.6. The fourth-order valence-electron chi connectivity index (χ4n) is 2.23. The largest absolute Gasteiger partial charge is 0.456 e. The summed E-state index contributed by atoms with van der Waals surface area (Å²) in [6.45, 7) is -0.302. The van der Waals surface area contributed by atoms with Crippen molar-refractivity contribution in [2.45, 2.75) is 12.8 Å². The molecular formula is C20H19N3O4. The van der Waals surface area contributed by atoms with Gasteiger partial charge in [0.15, 0.2) is 6.61 Å². The van der Waals surface area contributed by atoms with Crippen molar-refractivity contribution in [2.24, 2.45) is 0 Å². The van der Waals surface area contributed by atoms with E-state index in [1.165, 1.54) is 6.07 Å². The predicted molar refractivity (Wildman–Crippen MR) is 98.5 cm³/mol. The molecule has 7 nitrogen and oxygen atoms in total. The first kappa shape index (κ1) is 19.7. The number of nitriles is 1. The van der Waals surface area contributed by atoms with Crippen LogP contribution in [0.5, 0.6) is 0 Å². The van der Waals surface area contributed by atoms with E-state index in [0.717, 1.165) is 5.56 Å². The van der Waals surface area contributed by atoms with Crippen molar-refractivity contribution in [3.8, 4) is 6.07 Å². The lowest BCUT2D eigenvalue weighted by Crippen LogP contribution is -2.28. The number of carbonyl (C=O) groups is 3. The molecule has 0 bridgehead atoms. The molecule has 7 heteroatoms. The predicted octanol–water partition coefficient (Wildman–Crippen LogP) is 1.79. The van der Waals surface area contributed by atoms with E-state index in [1.54, 1.807) is 18.2 Å². The van der Waals surface area contributed by atoms with Gasteiger partial charge in [0.1, 0.15) is 0 Å². The highest BCUT2D eigenvalue weighted by Crippen LogP contribution is 2.09. The second-order valence-corrected chi connectivity index (χ2v) is 5.66. The van der Waals surface area contributed by atoms with Crippen molar-refractivity contribution < 1.29 is 19.1 Å². The third kappa shape index (κ3) is 7.40. The first-order chi connectivity index (χ1) is 13.1. The van der Waals surface area contributed by atoms with Crippen molar-refractivity contribution in [1.82, 2.24) is 5.32 Å². The van der Waals surface area contributed by atoms with Gasteiger partial charge in [0.2, 0.25) is 5.91 Å². The van der Waals surface area contributed by atoms with Crippen LogP contribution in [0.3, 0.4) is 0 Å². The third-order valence-corrected chi connectivity index (χ3v) is 3.50. The fourth-order valence-corrected chi connectivity index (χ4v) is 2.23. The molecule has 0 aromatic heterocycles. The second-order valence-electron chi connectivity index (χ2n) is 5.66. The summed E-state index contributed by atoms with van der Waals surface area (Å²) in [7, 11) is 0. The molecule has 138 valence electrons. The van der Waals surface area contributed by atoms with Gasteiger partial charge in [-0.1, -0.05) is 36.4 Å². The van der Waals surface area contributed by atoms with Crippen LogP contribution in [0.25, 0.3) is 0 Å². The topological polar surface area (TPSA) is 108 Å². The SMILES string of the molecule is N#Cc1cccc(NC(=O)COC(=O)CCNC(=O)Cc2ccccc2)c1. The molecule has 2 aromatic carbocycles. The summed E-state index contributed by atoms with van der Waals surface area (Å²) >= 11 is 0. The Labute approximate surface area is 156 Å². The Morgan fingerprint density at radius 1 is 1.00 bits per heavy atom. The minimum atomic E-state index is -0.587. The number of rotatable bonds is 8. The molecule has 0 unspecified atom stereocenters. The third-order valence-electron chi connectivity index (χ3n) is 3.50. The maximum absolute atomic E-state index is 11.8. The Kier molecular flexibility index (Phi) is 7.54. The lowest BCUT2D eigenvalue weighted by Gasteiger charge is -2.08. The number of esters is 1. The van der Waals surface area contributed by atoms with Gasteiger partial charge in [-0.25, -0.2) is 0 Å². The molecule has 0 fully saturated rings. The standard InChI is InChI=1S/C20H19N3O4/c21-13-16-7-4-8-17(11-16)23-19(25)14-27-20(26)9-10-22-18(24)12-15-5-2-1-3-6-15/h1-8,11H,9-10,12,14H2,(H,22,24)(H,23,25). The molecule has 0 saturated carbocycles. The number of nitrogens with zero attached hydrogens (tertiary/aromatic N) is 1. The van der Waals surface area contributed by atoms with Gasteiger partial charge in [-0.3, -0.25) is 14.4 Å². The molecule has 0 atom stereocenters. The lowest BCUT2D eigenvalue weighted by atomic mass is 10.1. The summed E-state index contributed by atoms with van der Waals surface area (Å²) in [5.41, 5.74) is 1.74. The number of amides is 2. The fraction of sp³-hybridized carbons (Fsp3) is 0.200. The van der Waals surface area contributed by atoms with Crippen LogP contribution < -0.4 is 10.6 Å². The molecule has 2 amide bonds. The second kappa shape index (κ2) is 10.4. The first-order valence-electron chi connectivity index (χ1n) is 8.33. The molecule has 0 radical (unpaired) electrons. The van der Waals surface area contributed by atoms with Crippen molar-refractivity contribution in [3.05, 3.63) is 65.7 Å². The maximum atomic E-state index is 11.8. The minimum absolute atomic E-state index is 0.0300. The molecule has 0 spiro atoms. The summed E-state index contributed by atoms with van der Waals surface area (Å²) in [4.78, 5) is 35.2. The quantitative estimate of drug-likeness (QED) is 0.693. The van der Waals surface area contributed by atoms with Gasteiger partial charge in [-0.15, -0.1) is 0 Å². The monoisotopic (exact) mass is 365 g/mol. The van der Waals surface area contributed by atoms with E-state index >= 15 is 0 Å². The van der Waals surface area contributed by atoms with Gasteiger partial charge in [0.25, 0.3) is 5.91 Å². The van der Waals surface area contributed by atoms with Crippen molar-refractivity contribution >= 4 is 23.5 Å². The van der Waals surface area contributed by atoms with E-state index < -0.39 is 18.5 Å². The van der Waals surface area contributed by atoms with Crippen molar-refractivity contribution in [1.29, 1.82) is 5.26 Å². The van der Waals surface area contributed by atoms with E-state index in [4.69, 9.17) is 10.00 Å². The first-order valence-corrected chi connectivity index (χ1v) is 8.33. The minimum Gasteiger partial charge on any atom is -0.456 e. The highest BCUT2D eigenvalue weighted by atomic mass is 16.5. The van der Waals surface area contributed by atoms with Gasteiger partial charge in [0, 0.05) is 12.2 Å². The molecule has 0 aliphatic carbocycles. The zero-order chi connectivity index (χ0) is 19.5. The van der Waals surface area contributed by atoms with Crippen LogP contribution in [0.1, 0.15) is 17.5 Å². The number of benzene rings is 2. The Balaban J connectivity index is 1.63. The Hall–Kier alpha value is -3.66. The van der Waals surface area contributed by atoms with E-state index in [0.29, 0.717) is 11.3 Å². The van der Waals surface area contributed by atoms with Gasteiger partial charge in [0.05, 0.1) is 24.5 Å². The summed E-state index contributed by atoms with van der Waals surface area (Å²) in [5.74, 6) is -1.29. The zero-order valence-corrected chi connectivity index (χ0v) is 14.6. The van der Waals surface area contributed by atoms with Crippen LogP contribution in [0.15, 0.2) is 54.6 Å². The number of anilines is 1. The number of hydrogen-bond donors (Lipinski definition) is 2. The van der Waals surface area contributed by atoms with E-state index in [9.17, 15) is 14.4 Å². The molecule has 0 aliphatic rings. The molecular weight excluding hydrogens is 346 g/mol. The highest BCUT2D eigenvalue weighted by Gasteiger charge is 2.09. The van der Waals surface area contributed by atoms with Crippen LogP contribution in [0.4, 0.5) is 5.69 Å². The average molecular weight is 365 g/mol. The van der Waals surface area contributed by atoms with Gasteiger partial charge in [-0.2, -0.15) is 5.26 Å². The van der Waals surface area contributed by atoms with Crippen LogP contribution in [0.2, 0.25) is 0 Å². The molecule has 2 N–H and O–H groups in total. The highest BCUT2D eigenvalue weighted by molar-refractivity contribution is 5.93. The molecule has 2 rings (SSSR count). The summed E-state index contributed by atoms with van der Waals surface area (Å²) < 4.78 is 4.87. The summed E-state index contributed by atoms with van der Waals surface area (Å²) in [6.07, 6.45) is 0.206. The number of carbonyl (C=O) groups excluding carboxylic acids is 3. The normalized spacial score (nSPS) is 9.74. The lowest BCUT2D eigenvalue weighted by molar-refractivity contribution is -0.147. The van der Waals surface area contributed by atoms with Crippen LogP contribution in [-0.4, -0.2) is 30.9 Å². The molecule has 27 heavy (non-hydrogen) atoms. The van der Waals surface area contributed by atoms with Gasteiger partial charge in [-0.05, 0) is 23.8 Å². The zero-order valence-electron chi connectivity index (χ0n) is 14.6. The van der Waals surface area contributed by atoms with E-state index in [1.807, 2.05) is 36.4 Å². The molecule has 0 heterocycles. The van der Waals surface area contributed by atoms with Crippen molar-refractivity contribution in [2.75, 3.05) is 18.5 Å². The van der Waals surface area contributed by atoms with Crippen LogP contribution >= 0.6 is 0 Å². The Bertz CT molecular complexity index is 844. The molecule has 2 aromatic rings. The van der Waals surface area contributed by atoms with E-state index in [2.05, 4.69) is 10.6 Å². The molecule has 0 aliphatic heterocycles. The van der Waals surface area contributed by atoms with Crippen molar-refractivity contribution in [3.63, 3.8) is 0 Å².